The van der Waals surface area contributed by atoms with Gasteiger partial charge in [0, 0.05) is 46.5 Å². The average molecular weight is 276 g/mol. The highest BCUT2D eigenvalue weighted by Crippen LogP contribution is 2.21. The van der Waals surface area contributed by atoms with Gasteiger partial charge in [0.15, 0.2) is 0 Å². The zero-order valence-corrected chi connectivity index (χ0v) is 12.8. The van der Waals surface area contributed by atoms with Crippen LogP contribution in [0.3, 0.4) is 0 Å². The molecule has 0 unspecified atom stereocenters. The number of pyridine rings is 1. The van der Waals surface area contributed by atoms with Crippen molar-refractivity contribution in [1.29, 1.82) is 0 Å². The largest absolute Gasteiger partial charge is 0.356 e. The third kappa shape index (κ3) is 3.21. The van der Waals surface area contributed by atoms with Crippen LogP contribution in [-0.4, -0.2) is 61.1 Å². The standard InChI is InChI=1S/C15H24N4O/c1-12-5-6-14(16-11-12)19-9-7-13(8-10-19)18(4)15(20)17(2)3/h5-6,11,13H,7-10H2,1-4H3. The Morgan fingerprint density at radius 3 is 2.40 bits per heavy atom. The van der Waals surface area contributed by atoms with E-state index in [0.717, 1.165) is 31.7 Å². The lowest BCUT2D eigenvalue weighted by molar-refractivity contribution is 0.155. The Morgan fingerprint density at radius 1 is 1.25 bits per heavy atom. The second-order valence-corrected chi connectivity index (χ2v) is 5.70. The van der Waals surface area contributed by atoms with Crippen molar-refractivity contribution in [3.05, 3.63) is 23.9 Å². The predicted molar refractivity (Wildman–Crippen MR) is 81.1 cm³/mol. The van der Waals surface area contributed by atoms with Crippen molar-refractivity contribution in [2.75, 3.05) is 39.1 Å². The van der Waals surface area contributed by atoms with E-state index in [1.54, 1.807) is 19.0 Å². The van der Waals surface area contributed by atoms with Gasteiger partial charge in [0.05, 0.1) is 0 Å². The number of rotatable bonds is 2. The molecule has 0 radical (unpaired) electrons. The monoisotopic (exact) mass is 276 g/mol. The first-order chi connectivity index (χ1) is 9.49. The van der Waals surface area contributed by atoms with Crippen LogP contribution in [0.2, 0.25) is 0 Å². The quantitative estimate of drug-likeness (QED) is 0.829. The van der Waals surface area contributed by atoms with Gasteiger partial charge in [0.25, 0.3) is 0 Å². The number of urea groups is 1. The zero-order chi connectivity index (χ0) is 14.7. The summed E-state index contributed by atoms with van der Waals surface area (Å²) in [7, 11) is 5.49. The zero-order valence-electron chi connectivity index (χ0n) is 12.8. The number of amides is 2. The van der Waals surface area contributed by atoms with Crippen molar-refractivity contribution < 1.29 is 4.79 Å². The molecule has 5 nitrogen and oxygen atoms in total. The van der Waals surface area contributed by atoms with Crippen LogP contribution >= 0.6 is 0 Å². The first-order valence-corrected chi connectivity index (χ1v) is 7.10. The lowest BCUT2D eigenvalue weighted by Gasteiger charge is -2.38. The van der Waals surface area contributed by atoms with E-state index in [-0.39, 0.29) is 6.03 Å². The Morgan fingerprint density at radius 2 is 1.90 bits per heavy atom. The number of hydrogen-bond donors (Lipinski definition) is 0. The van der Waals surface area contributed by atoms with Crippen molar-refractivity contribution >= 4 is 11.8 Å². The summed E-state index contributed by atoms with van der Waals surface area (Å²) < 4.78 is 0. The van der Waals surface area contributed by atoms with Gasteiger partial charge in [-0.25, -0.2) is 9.78 Å². The molecule has 0 bridgehead atoms. The molecule has 0 spiro atoms. The van der Waals surface area contributed by atoms with E-state index in [0.29, 0.717) is 6.04 Å². The van der Waals surface area contributed by atoms with Crippen LogP contribution < -0.4 is 4.90 Å². The number of aryl methyl sites for hydroxylation is 1. The van der Waals surface area contributed by atoms with Gasteiger partial charge < -0.3 is 14.7 Å². The average Bonchev–Trinajstić information content (AvgIpc) is 2.46. The smallest absolute Gasteiger partial charge is 0.319 e. The molecule has 5 heteroatoms. The molecule has 1 aliphatic rings. The maximum Gasteiger partial charge on any atom is 0.319 e. The molecule has 2 heterocycles. The van der Waals surface area contributed by atoms with E-state index >= 15 is 0 Å². The summed E-state index contributed by atoms with van der Waals surface area (Å²) in [5, 5.41) is 0. The number of carbonyl (C=O) groups is 1. The molecule has 0 aliphatic carbocycles. The van der Waals surface area contributed by atoms with E-state index in [1.165, 1.54) is 5.56 Å². The number of hydrogen-bond acceptors (Lipinski definition) is 3. The van der Waals surface area contributed by atoms with Gasteiger partial charge in [-0.2, -0.15) is 0 Å². The van der Waals surface area contributed by atoms with Gasteiger partial charge in [-0.3, -0.25) is 0 Å². The van der Waals surface area contributed by atoms with E-state index in [9.17, 15) is 4.79 Å². The molecule has 1 fully saturated rings. The molecule has 0 aromatic carbocycles. The fourth-order valence-electron chi connectivity index (χ4n) is 2.60. The van der Waals surface area contributed by atoms with Gasteiger partial charge in [0.2, 0.25) is 0 Å². The summed E-state index contributed by atoms with van der Waals surface area (Å²) >= 11 is 0. The molecule has 1 aliphatic heterocycles. The minimum absolute atomic E-state index is 0.0805. The van der Waals surface area contributed by atoms with Crippen LogP contribution in [0.5, 0.6) is 0 Å². The molecular weight excluding hydrogens is 252 g/mol. The third-order valence-corrected chi connectivity index (χ3v) is 3.92. The molecule has 0 atom stereocenters. The highest BCUT2D eigenvalue weighted by Gasteiger charge is 2.26. The van der Waals surface area contributed by atoms with Crippen molar-refractivity contribution in [2.24, 2.45) is 0 Å². The fourth-order valence-corrected chi connectivity index (χ4v) is 2.60. The number of aromatic nitrogens is 1. The Labute approximate surface area is 121 Å². The molecule has 2 rings (SSSR count). The molecule has 1 saturated heterocycles. The molecule has 1 aromatic rings. The minimum Gasteiger partial charge on any atom is -0.356 e. The highest BCUT2D eigenvalue weighted by molar-refractivity contribution is 5.73. The van der Waals surface area contributed by atoms with E-state index < -0.39 is 0 Å². The van der Waals surface area contributed by atoms with Crippen LogP contribution in [-0.2, 0) is 0 Å². The van der Waals surface area contributed by atoms with Gasteiger partial charge in [0.1, 0.15) is 5.82 Å². The van der Waals surface area contributed by atoms with E-state index in [2.05, 4.69) is 22.0 Å². The number of piperidine rings is 1. The maximum atomic E-state index is 12.0. The second-order valence-electron chi connectivity index (χ2n) is 5.70. The van der Waals surface area contributed by atoms with E-state index in [4.69, 9.17) is 0 Å². The molecule has 0 N–H and O–H groups in total. The summed E-state index contributed by atoms with van der Waals surface area (Å²) in [6, 6.07) is 4.57. The van der Waals surface area contributed by atoms with Gasteiger partial charge >= 0.3 is 6.03 Å². The van der Waals surface area contributed by atoms with Gasteiger partial charge in [-0.15, -0.1) is 0 Å². The number of nitrogens with zero attached hydrogens (tertiary/aromatic N) is 4. The summed E-state index contributed by atoms with van der Waals surface area (Å²) in [6.07, 6.45) is 3.89. The second kappa shape index (κ2) is 6.11. The van der Waals surface area contributed by atoms with Crippen molar-refractivity contribution in [3.8, 4) is 0 Å². The number of carbonyl (C=O) groups excluding carboxylic acids is 1. The summed E-state index contributed by atoms with van der Waals surface area (Å²) in [6.45, 7) is 3.95. The number of anilines is 1. The minimum atomic E-state index is 0.0805. The first-order valence-electron chi connectivity index (χ1n) is 7.10. The Hall–Kier alpha value is -1.78. The van der Waals surface area contributed by atoms with Crippen LogP contribution in [0.15, 0.2) is 18.3 Å². The third-order valence-electron chi connectivity index (χ3n) is 3.92. The SMILES string of the molecule is Cc1ccc(N2CCC(N(C)C(=O)N(C)C)CC2)nc1. The van der Waals surface area contributed by atoms with Crippen LogP contribution in [0.25, 0.3) is 0 Å². The topological polar surface area (TPSA) is 39.7 Å². The lowest BCUT2D eigenvalue weighted by Crippen LogP contribution is -2.48. The Balaban J connectivity index is 1.92. The first kappa shape index (κ1) is 14.6. The predicted octanol–water partition coefficient (Wildman–Crippen LogP) is 1.97. The van der Waals surface area contributed by atoms with Crippen LogP contribution in [0, 0.1) is 6.92 Å². The molecule has 2 amide bonds. The van der Waals surface area contributed by atoms with Gasteiger partial charge in [-0.1, -0.05) is 6.07 Å². The molecular formula is C15H24N4O. The fraction of sp³-hybridized carbons (Fsp3) is 0.600. The lowest BCUT2D eigenvalue weighted by atomic mass is 10.0. The molecule has 20 heavy (non-hydrogen) atoms. The van der Waals surface area contributed by atoms with E-state index in [1.807, 2.05) is 25.1 Å². The normalized spacial score (nSPS) is 16.1. The van der Waals surface area contributed by atoms with Crippen LogP contribution in [0.1, 0.15) is 18.4 Å². The van der Waals surface area contributed by atoms with Crippen molar-refractivity contribution in [1.82, 2.24) is 14.8 Å². The van der Waals surface area contributed by atoms with Gasteiger partial charge in [-0.05, 0) is 31.4 Å². The summed E-state index contributed by atoms with van der Waals surface area (Å²) in [5.74, 6) is 1.04. The Kier molecular flexibility index (Phi) is 4.47. The molecule has 110 valence electrons. The summed E-state index contributed by atoms with van der Waals surface area (Å²) in [5.41, 5.74) is 1.18. The maximum absolute atomic E-state index is 12.0. The van der Waals surface area contributed by atoms with Crippen molar-refractivity contribution in [2.45, 2.75) is 25.8 Å². The highest BCUT2D eigenvalue weighted by atomic mass is 16.2. The van der Waals surface area contributed by atoms with Crippen molar-refractivity contribution in [3.63, 3.8) is 0 Å². The molecule has 0 saturated carbocycles. The summed E-state index contributed by atoms with van der Waals surface area (Å²) in [4.78, 5) is 22.2. The molecule has 1 aromatic heterocycles. The van der Waals surface area contributed by atoms with Crippen LogP contribution in [0.4, 0.5) is 10.6 Å². The Bertz CT molecular complexity index is 449.